The van der Waals surface area contributed by atoms with Crippen LogP contribution in [-0.2, 0) is 32.5 Å². The van der Waals surface area contributed by atoms with Gasteiger partial charge in [0.05, 0.1) is 23.2 Å². The number of unbranched alkanes of at least 4 members (excludes halogenated alkanes) is 1. The van der Waals surface area contributed by atoms with Crippen molar-refractivity contribution in [3.8, 4) is 16.9 Å². The van der Waals surface area contributed by atoms with Crippen molar-refractivity contribution in [3.63, 3.8) is 0 Å². The summed E-state index contributed by atoms with van der Waals surface area (Å²) in [6.07, 6.45) is 9.45. The number of ether oxygens (including phenoxy) is 2. The second-order valence-corrected chi connectivity index (χ2v) is 15.2. The van der Waals surface area contributed by atoms with Gasteiger partial charge in [-0.05, 0) is 109 Å². The zero-order valence-electron chi connectivity index (χ0n) is 30.9. The van der Waals surface area contributed by atoms with Crippen LogP contribution < -0.4 is 15.0 Å². The van der Waals surface area contributed by atoms with Gasteiger partial charge >= 0.3 is 0 Å². The molecule has 0 bridgehead atoms. The molecule has 0 saturated carbocycles. The van der Waals surface area contributed by atoms with Crippen molar-refractivity contribution in [1.82, 2.24) is 9.97 Å². The first-order valence-electron chi connectivity index (χ1n) is 18.5. The van der Waals surface area contributed by atoms with E-state index in [1.165, 1.54) is 0 Å². The number of aryl methyl sites for hydroxylation is 2. The van der Waals surface area contributed by atoms with Crippen LogP contribution in [0, 0.1) is 12.8 Å². The summed E-state index contributed by atoms with van der Waals surface area (Å²) in [6, 6.07) is 20.3. The lowest BCUT2D eigenvalue weighted by Crippen LogP contribution is -2.30. The minimum atomic E-state index is -1.23. The molecule has 2 heterocycles. The third-order valence-corrected chi connectivity index (χ3v) is 10.4. The van der Waals surface area contributed by atoms with Gasteiger partial charge in [-0.2, -0.15) is 0 Å². The van der Waals surface area contributed by atoms with Crippen LogP contribution in [0.3, 0.4) is 0 Å². The Hall–Kier alpha value is -4.21. The topological polar surface area (TPSA) is 96.5 Å². The molecule has 0 saturated heterocycles. The molecule has 1 aliphatic rings. The van der Waals surface area contributed by atoms with Gasteiger partial charge in [0, 0.05) is 59.9 Å². The predicted molar refractivity (Wildman–Crippen MR) is 210 cm³/mol. The van der Waals surface area contributed by atoms with Crippen molar-refractivity contribution in [2.75, 3.05) is 43.1 Å². The molecule has 1 amide bonds. The smallest absolute Gasteiger partial charge is 0.251 e. The number of aromatic nitrogens is 2. The largest absolute Gasteiger partial charge is 0.491 e. The van der Waals surface area contributed by atoms with Gasteiger partial charge in [0.2, 0.25) is 0 Å². The number of anilines is 2. The third-order valence-electron chi connectivity index (χ3n) is 8.91. The summed E-state index contributed by atoms with van der Waals surface area (Å²) in [6.45, 7) is 14.4. The number of fused-ring (bicyclic) bond motifs is 1. The van der Waals surface area contributed by atoms with Crippen LogP contribution in [0.1, 0.15) is 82.4 Å². The Balaban J connectivity index is 1.31. The number of aromatic amines is 1. The standard InChI is InChI=1S/C42H54N4O4S/c1-6-8-21-49-22-23-50-38-16-12-32(13-17-38)33-14-18-39-35(25-33)26-34(11-9-20-46(39)28-30(3)4)42(47)45-36-15-19-40(31(5)24-36)51(48)29-37-27-43-41(44-37)10-7-2/h12-19,24-27,30H,6-11,20-23,28-29H2,1-5H3,(H,43,44)(H,45,47)/b34-26+. The summed E-state index contributed by atoms with van der Waals surface area (Å²) in [4.78, 5) is 24.7. The molecule has 0 aliphatic carbocycles. The highest BCUT2D eigenvalue weighted by atomic mass is 32.2. The summed E-state index contributed by atoms with van der Waals surface area (Å²) >= 11 is 0. The van der Waals surface area contributed by atoms with Crippen LogP contribution in [0.25, 0.3) is 17.2 Å². The summed E-state index contributed by atoms with van der Waals surface area (Å²) in [7, 11) is -1.23. The predicted octanol–water partition coefficient (Wildman–Crippen LogP) is 9.12. The number of H-pyrrole nitrogens is 1. The molecule has 1 atom stereocenters. The van der Waals surface area contributed by atoms with E-state index < -0.39 is 10.8 Å². The van der Waals surface area contributed by atoms with Gasteiger partial charge in [-0.3, -0.25) is 9.00 Å². The molecule has 51 heavy (non-hydrogen) atoms. The van der Waals surface area contributed by atoms with E-state index in [0.717, 1.165) is 107 Å². The Morgan fingerprint density at radius 2 is 1.80 bits per heavy atom. The average Bonchev–Trinajstić information content (AvgIpc) is 3.54. The quantitative estimate of drug-likeness (QED) is 0.106. The molecule has 0 spiro atoms. The zero-order chi connectivity index (χ0) is 36.2. The first-order chi connectivity index (χ1) is 24.7. The van der Waals surface area contributed by atoms with Crippen LogP contribution in [0.2, 0.25) is 0 Å². The Morgan fingerprint density at radius 1 is 1.00 bits per heavy atom. The van der Waals surface area contributed by atoms with Crippen LogP contribution in [0.15, 0.2) is 77.3 Å². The molecule has 5 rings (SSSR count). The number of carbonyl (C=O) groups excluding carboxylic acids is 1. The van der Waals surface area contributed by atoms with Crippen molar-refractivity contribution in [1.29, 1.82) is 0 Å². The number of benzene rings is 3. The Bertz CT molecular complexity index is 1800. The van der Waals surface area contributed by atoms with Gasteiger partial charge in [-0.15, -0.1) is 0 Å². The number of rotatable bonds is 17. The van der Waals surface area contributed by atoms with Crippen LogP contribution in [0.5, 0.6) is 5.75 Å². The molecule has 1 unspecified atom stereocenters. The Morgan fingerprint density at radius 3 is 2.55 bits per heavy atom. The fourth-order valence-electron chi connectivity index (χ4n) is 6.35. The zero-order valence-corrected chi connectivity index (χ0v) is 31.7. The number of hydrogen-bond donors (Lipinski definition) is 2. The number of amides is 1. The van der Waals surface area contributed by atoms with Gasteiger partial charge in [0.1, 0.15) is 18.2 Å². The Kier molecular flexibility index (Phi) is 14.1. The summed E-state index contributed by atoms with van der Waals surface area (Å²) < 4.78 is 24.8. The number of imidazole rings is 1. The van der Waals surface area contributed by atoms with E-state index in [9.17, 15) is 9.00 Å². The minimum Gasteiger partial charge on any atom is -0.491 e. The van der Waals surface area contributed by atoms with E-state index in [2.05, 4.69) is 84.3 Å². The fraction of sp³-hybridized carbons (Fsp3) is 0.429. The van der Waals surface area contributed by atoms with Crippen molar-refractivity contribution in [2.24, 2.45) is 5.92 Å². The first-order valence-corrected chi connectivity index (χ1v) is 19.8. The maximum Gasteiger partial charge on any atom is 0.251 e. The van der Waals surface area contributed by atoms with E-state index in [0.29, 0.717) is 37.0 Å². The normalized spacial score (nSPS) is 14.7. The van der Waals surface area contributed by atoms with E-state index in [1.54, 1.807) is 6.20 Å². The average molecular weight is 711 g/mol. The number of nitrogens with one attached hydrogen (secondary N) is 2. The van der Waals surface area contributed by atoms with E-state index in [4.69, 9.17) is 9.47 Å². The molecule has 272 valence electrons. The lowest BCUT2D eigenvalue weighted by Gasteiger charge is -2.30. The van der Waals surface area contributed by atoms with Crippen molar-refractivity contribution < 1.29 is 18.5 Å². The monoisotopic (exact) mass is 710 g/mol. The van der Waals surface area contributed by atoms with Crippen molar-refractivity contribution in [3.05, 3.63) is 95.1 Å². The molecule has 1 aromatic heterocycles. The highest BCUT2D eigenvalue weighted by Crippen LogP contribution is 2.33. The molecule has 8 nitrogen and oxygen atoms in total. The number of carbonyl (C=O) groups is 1. The highest BCUT2D eigenvalue weighted by Gasteiger charge is 2.20. The Labute approximate surface area is 306 Å². The molecular weight excluding hydrogens is 657 g/mol. The third kappa shape index (κ3) is 10.9. The van der Waals surface area contributed by atoms with Crippen molar-refractivity contribution in [2.45, 2.75) is 83.8 Å². The lowest BCUT2D eigenvalue weighted by atomic mass is 9.96. The second-order valence-electron chi connectivity index (χ2n) is 13.8. The van der Waals surface area contributed by atoms with Gasteiger partial charge < -0.3 is 24.7 Å². The van der Waals surface area contributed by atoms with Gasteiger partial charge in [0.15, 0.2) is 0 Å². The molecule has 3 aromatic carbocycles. The van der Waals surface area contributed by atoms with Crippen LogP contribution in [-0.4, -0.2) is 53.0 Å². The number of hydrogen-bond acceptors (Lipinski definition) is 6. The van der Waals surface area contributed by atoms with Crippen molar-refractivity contribution >= 4 is 34.2 Å². The molecular formula is C42H54N4O4S. The summed E-state index contributed by atoms with van der Waals surface area (Å²) in [5.74, 6) is 2.51. The maximum atomic E-state index is 13.8. The van der Waals surface area contributed by atoms with E-state index in [1.807, 2.05) is 37.3 Å². The maximum absolute atomic E-state index is 13.8. The van der Waals surface area contributed by atoms with Crippen LogP contribution >= 0.6 is 0 Å². The number of nitrogens with zero attached hydrogens (tertiary/aromatic N) is 2. The molecule has 0 radical (unpaired) electrons. The fourth-order valence-corrected chi connectivity index (χ4v) is 7.58. The molecule has 2 N–H and O–H groups in total. The van der Waals surface area contributed by atoms with Gasteiger partial charge in [-0.25, -0.2) is 4.98 Å². The van der Waals surface area contributed by atoms with Gasteiger partial charge in [-0.1, -0.05) is 52.3 Å². The SMILES string of the molecule is CCCCOCCOc1ccc(-c2ccc3c(c2)/C=C(/C(=O)Nc2ccc(S(=O)Cc4cnc(CCC)[nH]4)c(C)c2)CCCN3CC(C)C)cc1. The second kappa shape index (κ2) is 18.9. The summed E-state index contributed by atoms with van der Waals surface area (Å²) in [5, 5.41) is 3.13. The highest BCUT2D eigenvalue weighted by molar-refractivity contribution is 7.84. The van der Waals surface area contributed by atoms with Crippen LogP contribution in [0.4, 0.5) is 11.4 Å². The van der Waals surface area contributed by atoms with Gasteiger partial charge in [0.25, 0.3) is 5.91 Å². The molecule has 0 fully saturated rings. The summed E-state index contributed by atoms with van der Waals surface area (Å²) in [5.41, 5.74) is 7.52. The first kappa shape index (κ1) is 38.0. The molecule has 1 aliphatic heterocycles. The molecule has 4 aromatic rings. The van der Waals surface area contributed by atoms with E-state index >= 15 is 0 Å². The lowest BCUT2D eigenvalue weighted by molar-refractivity contribution is -0.112. The minimum absolute atomic E-state index is 0.113. The molecule has 9 heteroatoms. The van der Waals surface area contributed by atoms with E-state index in [-0.39, 0.29) is 5.91 Å².